The lowest BCUT2D eigenvalue weighted by atomic mass is 10.1. The highest BCUT2D eigenvalue weighted by molar-refractivity contribution is 6.05. The van der Waals surface area contributed by atoms with E-state index in [0.29, 0.717) is 11.6 Å². The minimum Gasteiger partial charge on any atom is -0.338 e. The van der Waals surface area contributed by atoms with Crippen molar-refractivity contribution in [3.05, 3.63) is 71.2 Å². The van der Waals surface area contributed by atoms with Crippen LogP contribution in [0.2, 0.25) is 0 Å². The maximum absolute atomic E-state index is 13.7. The van der Waals surface area contributed by atoms with Crippen molar-refractivity contribution in [1.82, 2.24) is 5.16 Å². The summed E-state index contributed by atoms with van der Waals surface area (Å²) >= 11 is 0. The molecule has 24 heavy (non-hydrogen) atoms. The quantitative estimate of drug-likeness (QED) is 0.727. The van der Waals surface area contributed by atoms with Crippen molar-refractivity contribution in [1.29, 1.82) is 0 Å². The van der Waals surface area contributed by atoms with Gasteiger partial charge < -0.3 is 4.52 Å². The number of aryl methyl sites for hydroxylation is 1. The Hall–Kier alpha value is -3.09. The van der Waals surface area contributed by atoms with Gasteiger partial charge in [-0.3, -0.25) is 10.1 Å². The van der Waals surface area contributed by atoms with Crippen molar-refractivity contribution in [3.8, 4) is 11.1 Å². The second kappa shape index (κ2) is 6.19. The minimum absolute atomic E-state index is 0.0204. The number of hydrogen-bond acceptors (Lipinski definition) is 3. The first-order valence-electron chi connectivity index (χ1n) is 6.94. The number of carbonyl (C=O) groups is 1. The van der Waals surface area contributed by atoms with Gasteiger partial charge in [-0.2, -0.15) is 0 Å². The lowest BCUT2D eigenvalue weighted by molar-refractivity contribution is 0.101. The number of amides is 1. The molecule has 0 unspecified atom stereocenters. The van der Waals surface area contributed by atoms with E-state index in [2.05, 4.69) is 10.5 Å². The summed E-state index contributed by atoms with van der Waals surface area (Å²) in [6.45, 7) is 1.92. The maximum Gasteiger partial charge on any atom is 0.261 e. The van der Waals surface area contributed by atoms with Gasteiger partial charge in [-0.1, -0.05) is 35.0 Å². The summed E-state index contributed by atoms with van der Waals surface area (Å²) in [5.41, 5.74) is 1.61. The SMILES string of the molecule is Cc1ccc(-c2cnoc2NC(=O)c2ccc(F)c(F)c2F)cc1. The molecular weight excluding hydrogens is 321 g/mol. The third-order valence-corrected chi connectivity index (χ3v) is 3.44. The average molecular weight is 332 g/mol. The predicted molar refractivity (Wildman–Crippen MR) is 80.9 cm³/mol. The zero-order valence-corrected chi connectivity index (χ0v) is 12.4. The lowest BCUT2D eigenvalue weighted by Crippen LogP contribution is -2.15. The lowest BCUT2D eigenvalue weighted by Gasteiger charge is -2.06. The molecule has 2 aromatic carbocycles. The Balaban J connectivity index is 1.90. The highest BCUT2D eigenvalue weighted by Gasteiger charge is 2.21. The monoisotopic (exact) mass is 332 g/mol. The van der Waals surface area contributed by atoms with Crippen LogP contribution < -0.4 is 5.32 Å². The molecule has 1 heterocycles. The van der Waals surface area contributed by atoms with E-state index in [4.69, 9.17) is 4.52 Å². The molecule has 1 aromatic heterocycles. The standard InChI is InChI=1S/C17H11F3N2O2/c1-9-2-4-10(5-3-9)12-8-21-24-17(12)22-16(23)11-6-7-13(18)15(20)14(11)19/h2-8H,1H3,(H,22,23). The fraction of sp³-hybridized carbons (Fsp3) is 0.0588. The normalized spacial score (nSPS) is 10.7. The average Bonchev–Trinajstić information content (AvgIpc) is 3.01. The van der Waals surface area contributed by atoms with Crippen LogP contribution in [0.25, 0.3) is 11.1 Å². The molecule has 3 aromatic rings. The molecule has 1 N–H and O–H groups in total. The smallest absolute Gasteiger partial charge is 0.261 e. The van der Waals surface area contributed by atoms with Crippen LogP contribution in [0, 0.1) is 24.4 Å². The molecule has 0 bridgehead atoms. The largest absolute Gasteiger partial charge is 0.338 e. The van der Waals surface area contributed by atoms with E-state index in [0.717, 1.165) is 17.2 Å². The number of aromatic nitrogens is 1. The minimum atomic E-state index is -1.71. The molecule has 0 saturated heterocycles. The molecule has 0 fully saturated rings. The molecule has 0 aliphatic carbocycles. The Bertz CT molecular complexity index is 905. The van der Waals surface area contributed by atoms with Gasteiger partial charge in [0.05, 0.1) is 17.3 Å². The zero-order valence-electron chi connectivity index (χ0n) is 12.4. The van der Waals surface area contributed by atoms with Crippen LogP contribution in [0.5, 0.6) is 0 Å². The highest BCUT2D eigenvalue weighted by Crippen LogP contribution is 2.28. The molecule has 4 nitrogen and oxygen atoms in total. The summed E-state index contributed by atoms with van der Waals surface area (Å²) in [6.07, 6.45) is 1.39. The van der Waals surface area contributed by atoms with E-state index in [1.54, 1.807) is 12.1 Å². The van der Waals surface area contributed by atoms with E-state index < -0.39 is 28.9 Å². The molecule has 0 aliphatic rings. The van der Waals surface area contributed by atoms with Gasteiger partial charge in [-0.15, -0.1) is 0 Å². The topological polar surface area (TPSA) is 55.1 Å². The predicted octanol–water partition coefficient (Wildman–Crippen LogP) is 4.32. The molecule has 0 saturated carbocycles. The van der Waals surface area contributed by atoms with Crippen LogP contribution in [0.1, 0.15) is 15.9 Å². The fourth-order valence-corrected chi connectivity index (χ4v) is 2.14. The summed E-state index contributed by atoms with van der Waals surface area (Å²) < 4.78 is 44.8. The highest BCUT2D eigenvalue weighted by atomic mass is 19.2. The fourth-order valence-electron chi connectivity index (χ4n) is 2.14. The number of carbonyl (C=O) groups excluding carboxylic acids is 1. The Labute approximate surface area is 134 Å². The van der Waals surface area contributed by atoms with E-state index in [1.165, 1.54) is 6.20 Å². The Morgan fingerprint density at radius 2 is 1.75 bits per heavy atom. The number of nitrogens with one attached hydrogen (secondary N) is 1. The van der Waals surface area contributed by atoms with Crippen LogP contribution in [-0.4, -0.2) is 11.1 Å². The van der Waals surface area contributed by atoms with Gasteiger partial charge in [0.1, 0.15) is 0 Å². The van der Waals surface area contributed by atoms with Crippen molar-refractivity contribution in [2.75, 3.05) is 5.32 Å². The van der Waals surface area contributed by atoms with Crippen LogP contribution in [-0.2, 0) is 0 Å². The van der Waals surface area contributed by atoms with E-state index in [9.17, 15) is 18.0 Å². The Morgan fingerprint density at radius 1 is 1.04 bits per heavy atom. The molecule has 3 rings (SSSR count). The first-order chi connectivity index (χ1) is 11.5. The van der Waals surface area contributed by atoms with Crippen molar-refractivity contribution in [2.45, 2.75) is 6.92 Å². The molecule has 1 amide bonds. The van der Waals surface area contributed by atoms with Gasteiger partial charge in [-0.25, -0.2) is 13.2 Å². The van der Waals surface area contributed by atoms with E-state index in [1.807, 2.05) is 19.1 Å². The summed E-state index contributed by atoms with van der Waals surface area (Å²) in [6, 6.07) is 8.86. The molecule has 0 aliphatic heterocycles. The van der Waals surface area contributed by atoms with Crippen molar-refractivity contribution in [3.63, 3.8) is 0 Å². The maximum atomic E-state index is 13.7. The van der Waals surface area contributed by atoms with Crippen LogP contribution >= 0.6 is 0 Å². The third kappa shape index (κ3) is 2.88. The van der Waals surface area contributed by atoms with E-state index in [-0.39, 0.29) is 5.88 Å². The van der Waals surface area contributed by atoms with Crippen molar-refractivity contribution in [2.24, 2.45) is 0 Å². The second-order valence-electron chi connectivity index (χ2n) is 5.11. The Kier molecular flexibility index (Phi) is 4.07. The van der Waals surface area contributed by atoms with Gasteiger partial charge in [0.2, 0.25) is 5.88 Å². The van der Waals surface area contributed by atoms with Gasteiger partial charge in [0.15, 0.2) is 17.5 Å². The number of hydrogen-bond donors (Lipinski definition) is 1. The first-order valence-corrected chi connectivity index (χ1v) is 6.94. The van der Waals surface area contributed by atoms with Crippen molar-refractivity contribution < 1.29 is 22.5 Å². The van der Waals surface area contributed by atoms with Crippen LogP contribution in [0.15, 0.2) is 47.1 Å². The summed E-state index contributed by atoms with van der Waals surface area (Å²) in [4.78, 5) is 12.1. The van der Waals surface area contributed by atoms with Crippen LogP contribution in [0.3, 0.4) is 0 Å². The molecule has 7 heteroatoms. The number of halogens is 3. The molecule has 0 radical (unpaired) electrons. The van der Waals surface area contributed by atoms with Crippen molar-refractivity contribution >= 4 is 11.8 Å². The first kappa shape index (κ1) is 15.8. The number of nitrogens with zero attached hydrogens (tertiary/aromatic N) is 1. The summed E-state index contributed by atoms with van der Waals surface area (Å²) in [7, 11) is 0. The summed E-state index contributed by atoms with van der Waals surface area (Å²) in [5, 5.41) is 5.91. The third-order valence-electron chi connectivity index (χ3n) is 3.44. The van der Waals surface area contributed by atoms with Gasteiger partial charge in [-0.05, 0) is 24.6 Å². The van der Waals surface area contributed by atoms with Gasteiger partial charge in [0.25, 0.3) is 5.91 Å². The number of rotatable bonds is 3. The second-order valence-corrected chi connectivity index (χ2v) is 5.11. The summed E-state index contributed by atoms with van der Waals surface area (Å²) in [5.74, 6) is -5.64. The molecule has 122 valence electrons. The number of anilines is 1. The van der Waals surface area contributed by atoms with Crippen LogP contribution in [0.4, 0.5) is 19.1 Å². The zero-order chi connectivity index (χ0) is 17.3. The van der Waals surface area contributed by atoms with E-state index >= 15 is 0 Å². The Morgan fingerprint density at radius 3 is 2.46 bits per heavy atom. The molecule has 0 atom stereocenters. The number of benzene rings is 2. The molecule has 0 spiro atoms. The molecular formula is C17H11F3N2O2. The van der Waals surface area contributed by atoms with Gasteiger partial charge in [0, 0.05) is 0 Å². The van der Waals surface area contributed by atoms with Gasteiger partial charge >= 0.3 is 0 Å².